The summed E-state index contributed by atoms with van der Waals surface area (Å²) in [7, 11) is 0. The highest BCUT2D eigenvalue weighted by Crippen LogP contribution is 2.47. The normalized spacial score (nSPS) is 27.6. The van der Waals surface area contributed by atoms with Crippen molar-refractivity contribution < 1.29 is 4.79 Å². The summed E-state index contributed by atoms with van der Waals surface area (Å²) in [6.45, 7) is 4.41. The number of aryl methyl sites for hydroxylation is 1. The molecule has 1 unspecified atom stereocenters. The summed E-state index contributed by atoms with van der Waals surface area (Å²) in [4.78, 5) is 12.8. The lowest BCUT2D eigenvalue weighted by Gasteiger charge is -2.40. The molecule has 1 aromatic rings. The summed E-state index contributed by atoms with van der Waals surface area (Å²) >= 11 is 0. The van der Waals surface area contributed by atoms with Crippen LogP contribution in [0.25, 0.3) is 0 Å². The molecule has 1 aromatic carbocycles. The van der Waals surface area contributed by atoms with Gasteiger partial charge in [-0.25, -0.2) is 0 Å². The van der Waals surface area contributed by atoms with E-state index in [9.17, 15) is 4.79 Å². The van der Waals surface area contributed by atoms with E-state index in [0.29, 0.717) is 5.78 Å². The molecule has 94 valence electrons. The Labute approximate surface area is 109 Å². The molecule has 0 saturated heterocycles. The largest absolute Gasteiger partial charge is 0.294 e. The molecule has 0 amide bonds. The van der Waals surface area contributed by atoms with E-state index in [2.05, 4.69) is 19.9 Å². The Morgan fingerprint density at radius 2 is 1.72 bits per heavy atom. The summed E-state index contributed by atoms with van der Waals surface area (Å²) in [5.41, 5.74) is 5.08. The van der Waals surface area contributed by atoms with Crippen LogP contribution in [0.4, 0.5) is 0 Å². The Hall–Kier alpha value is -1.37. The van der Waals surface area contributed by atoms with Gasteiger partial charge in [0.2, 0.25) is 0 Å². The Morgan fingerprint density at radius 3 is 2.50 bits per heavy atom. The number of carbonyl (C=O) groups is 1. The number of hydrogen-bond donors (Lipinski definition) is 0. The zero-order chi connectivity index (χ0) is 12.8. The number of ketones is 1. The Kier molecular flexibility index (Phi) is 2.65. The molecule has 0 aromatic heterocycles. The molecule has 0 fully saturated rings. The minimum absolute atomic E-state index is 0.0854. The monoisotopic (exact) mass is 240 g/mol. The molecule has 2 aliphatic carbocycles. The molecule has 1 nitrogen and oxygen atoms in total. The van der Waals surface area contributed by atoms with Gasteiger partial charge in [-0.15, -0.1) is 0 Å². The highest BCUT2D eigenvalue weighted by Gasteiger charge is 2.43. The summed E-state index contributed by atoms with van der Waals surface area (Å²) < 4.78 is 0. The lowest BCUT2D eigenvalue weighted by atomic mass is 9.62. The van der Waals surface area contributed by atoms with Crippen LogP contribution in [0.5, 0.6) is 0 Å². The second-order valence-corrected chi connectivity index (χ2v) is 6.00. The lowest BCUT2D eigenvalue weighted by Crippen LogP contribution is -2.38. The van der Waals surface area contributed by atoms with Gasteiger partial charge in [0.15, 0.2) is 5.78 Å². The van der Waals surface area contributed by atoms with Crippen molar-refractivity contribution in [2.75, 3.05) is 0 Å². The number of benzene rings is 1. The van der Waals surface area contributed by atoms with Gasteiger partial charge in [-0.05, 0) is 51.5 Å². The van der Waals surface area contributed by atoms with E-state index in [1.165, 1.54) is 16.7 Å². The third-order valence-corrected chi connectivity index (χ3v) is 4.93. The Bertz CT molecular complexity index is 538. The van der Waals surface area contributed by atoms with Gasteiger partial charge < -0.3 is 0 Å². The van der Waals surface area contributed by atoms with Gasteiger partial charge in [0.05, 0.1) is 0 Å². The van der Waals surface area contributed by atoms with Crippen LogP contribution in [0.15, 0.2) is 35.4 Å². The van der Waals surface area contributed by atoms with Crippen LogP contribution in [0, 0.1) is 5.41 Å². The van der Waals surface area contributed by atoms with Crippen molar-refractivity contribution in [3.8, 4) is 0 Å². The first-order chi connectivity index (χ1) is 8.62. The van der Waals surface area contributed by atoms with Gasteiger partial charge in [0.1, 0.15) is 0 Å². The van der Waals surface area contributed by atoms with Gasteiger partial charge in [-0.1, -0.05) is 35.4 Å². The van der Waals surface area contributed by atoms with Crippen molar-refractivity contribution >= 4 is 5.78 Å². The van der Waals surface area contributed by atoms with Crippen LogP contribution < -0.4 is 0 Å². The van der Waals surface area contributed by atoms with E-state index in [1.807, 2.05) is 18.2 Å². The second kappa shape index (κ2) is 4.08. The number of fused-ring (bicyclic) bond motifs is 1. The predicted molar refractivity (Wildman–Crippen MR) is 73.8 cm³/mol. The molecule has 1 heteroatoms. The van der Waals surface area contributed by atoms with Crippen molar-refractivity contribution in [2.24, 2.45) is 5.41 Å². The molecule has 3 rings (SSSR count). The fraction of sp³-hybridized carbons (Fsp3) is 0.471. The van der Waals surface area contributed by atoms with Crippen LogP contribution in [0.3, 0.4) is 0 Å². The van der Waals surface area contributed by atoms with Crippen LogP contribution in [0.1, 0.15) is 55.5 Å². The average molecular weight is 240 g/mol. The maximum Gasteiger partial charge on any atom is 0.169 e. The third kappa shape index (κ3) is 1.65. The van der Waals surface area contributed by atoms with Gasteiger partial charge in [0.25, 0.3) is 0 Å². The number of Topliss-reactive ketones (excluding diaryl/α,β-unsaturated/α-hetero) is 1. The Morgan fingerprint density at radius 1 is 1.00 bits per heavy atom. The molecular weight excluding hydrogens is 220 g/mol. The van der Waals surface area contributed by atoms with Crippen LogP contribution in [0.2, 0.25) is 0 Å². The number of hydrogen-bond acceptors (Lipinski definition) is 1. The standard InChI is InChI=1S/C17H20O/c1-12-7-9-17(11-13(12)2)10-8-14-5-3-4-6-15(14)16(17)18/h3-6H,7-11H2,1-2H3. The minimum Gasteiger partial charge on any atom is -0.294 e. The predicted octanol–water partition coefficient (Wildman–Crippen LogP) is 4.32. The first-order valence-corrected chi connectivity index (χ1v) is 6.90. The average Bonchev–Trinajstić information content (AvgIpc) is 2.39. The fourth-order valence-corrected chi connectivity index (χ4v) is 3.53. The van der Waals surface area contributed by atoms with Crippen molar-refractivity contribution in [1.29, 1.82) is 0 Å². The first kappa shape index (κ1) is 11.7. The van der Waals surface area contributed by atoms with Gasteiger partial charge in [0, 0.05) is 11.0 Å². The second-order valence-electron chi connectivity index (χ2n) is 6.00. The maximum atomic E-state index is 12.8. The molecule has 0 bridgehead atoms. The summed E-state index contributed by atoms with van der Waals surface area (Å²) in [5, 5.41) is 0. The quantitative estimate of drug-likeness (QED) is 0.617. The van der Waals surface area contributed by atoms with Crippen LogP contribution >= 0.6 is 0 Å². The third-order valence-electron chi connectivity index (χ3n) is 4.93. The summed E-state index contributed by atoms with van der Waals surface area (Å²) in [5.74, 6) is 0.399. The van der Waals surface area contributed by atoms with Crippen LogP contribution in [-0.2, 0) is 6.42 Å². The van der Waals surface area contributed by atoms with E-state index in [4.69, 9.17) is 0 Å². The van der Waals surface area contributed by atoms with E-state index in [-0.39, 0.29) is 5.41 Å². The molecule has 0 aliphatic heterocycles. The van der Waals surface area contributed by atoms with Crippen LogP contribution in [-0.4, -0.2) is 5.78 Å². The highest BCUT2D eigenvalue weighted by atomic mass is 16.1. The number of rotatable bonds is 0. The lowest BCUT2D eigenvalue weighted by molar-refractivity contribution is 0.0725. The van der Waals surface area contributed by atoms with E-state index >= 15 is 0 Å². The molecule has 1 atom stereocenters. The van der Waals surface area contributed by atoms with Crippen molar-refractivity contribution in [3.05, 3.63) is 46.5 Å². The van der Waals surface area contributed by atoms with E-state index in [0.717, 1.165) is 37.7 Å². The number of allylic oxidation sites excluding steroid dienone is 2. The zero-order valence-corrected chi connectivity index (χ0v) is 11.3. The van der Waals surface area contributed by atoms with E-state index in [1.54, 1.807) is 0 Å². The van der Waals surface area contributed by atoms with Gasteiger partial charge >= 0.3 is 0 Å². The fourth-order valence-electron chi connectivity index (χ4n) is 3.53. The SMILES string of the molecule is CC1=C(C)CC2(CC1)CCc1ccccc1C2=O. The summed E-state index contributed by atoms with van der Waals surface area (Å²) in [6, 6.07) is 8.16. The Balaban J connectivity index is 2.01. The topological polar surface area (TPSA) is 17.1 Å². The molecule has 2 aliphatic rings. The molecule has 0 heterocycles. The number of carbonyl (C=O) groups excluding carboxylic acids is 1. The molecule has 0 radical (unpaired) electrons. The molecule has 0 N–H and O–H groups in total. The zero-order valence-electron chi connectivity index (χ0n) is 11.3. The molecular formula is C17H20O. The first-order valence-electron chi connectivity index (χ1n) is 6.90. The van der Waals surface area contributed by atoms with Crippen molar-refractivity contribution in [2.45, 2.75) is 46.0 Å². The molecule has 0 saturated carbocycles. The maximum absolute atomic E-state index is 12.8. The van der Waals surface area contributed by atoms with Crippen molar-refractivity contribution in [3.63, 3.8) is 0 Å². The highest BCUT2D eigenvalue weighted by molar-refractivity contribution is 6.03. The van der Waals surface area contributed by atoms with Gasteiger partial charge in [-0.3, -0.25) is 4.79 Å². The molecule has 1 spiro atoms. The van der Waals surface area contributed by atoms with Crippen molar-refractivity contribution in [1.82, 2.24) is 0 Å². The van der Waals surface area contributed by atoms with E-state index < -0.39 is 0 Å². The smallest absolute Gasteiger partial charge is 0.169 e. The summed E-state index contributed by atoms with van der Waals surface area (Å²) in [6.07, 6.45) is 5.22. The molecule has 18 heavy (non-hydrogen) atoms. The minimum atomic E-state index is -0.0854. The van der Waals surface area contributed by atoms with Gasteiger partial charge in [-0.2, -0.15) is 0 Å².